The molecule has 0 aliphatic rings. The van der Waals surface area contributed by atoms with Gasteiger partial charge in [0.1, 0.15) is 0 Å². The van der Waals surface area contributed by atoms with Gasteiger partial charge in [0, 0.05) is 14.8 Å². The molecule has 0 radical (unpaired) electrons. The van der Waals surface area contributed by atoms with E-state index in [0.717, 1.165) is 10.3 Å². The smallest absolute Gasteiger partial charge is 0.335 e. The minimum Gasteiger partial charge on any atom is -0.478 e. The Labute approximate surface area is 123 Å². The van der Waals surface area contributed by atoms with Gasteiger partial charge in [0.15, 0.2) is 5.43 Å². The molecule has 0 saturated heterocycles. The average Bonchev–Trinajstić information content (AvgIpc) is 2.39. The summed E-state index contributed by atoms with van der Waals surface area (Å²) in [5.74, 6) is -1.06. The molecule has 0 atom stereocenters. The van der Waals surface area contributed by atoms with Crippen LogP contribution in [0, 0.1) is 6.92 Å². The first-order chi connectivity index (χ1) is 9.47. The van der Waals surface area contributed by atoms with Crippen LogP contribution < -0.4 is 5.43 Å². The van der Waals surface area contributed by atoms with Gasteiger partial charge in [-0.25, -0.2) is 4.79 Å². The minimum atomic E-state index is -1.06. The maximum atomic E-state index is 12.5. The lowest BCUT2D eigenvalue weighted by Crippen LogP contribution is -2.04. The lowest BCUT2D eigenvalue weighted by Gasteiger charge is -2.05. The summed E-state index contributed by atoms with van der Waals surface area (Å²) in [4.78, 5) is 23.6. The maximum Gasteiger partial charge on any atom is 0.335 e. The maximum absolute atomic E-state index is 12.5. The molecule has 3 rings (SSSR count). The molecule has 0 bridgehead atoms. The molecular formula is C15H9ClO3S. The fourth-order valence-electron chi connectivity index (χ4n) is 2.17. The van der Waals surface area contributed by atoms with Crippen LogP contribution in [0.15, 0.2) is 35.1 Å². The molecule has 0 fully saturated rings. The van der Waals surface area contributed by atoms with E-state index in [-0.39, 0.29) is 16.0 Å². The number of hydrogen-bond acceptors (Lipinski definition) is 3. The molecule has 0 unspecified atom stereocenters. The van der Waals surface area contributed by atoms with Crippen molar-refractivity contribution in [3.05, 3.63) is 56.7 Å². The van der Waals surface area contributed by atoms with Crippen molar-refractivity contribution in [2.45, 2.75) is 6.92 Å². The number of benzene rings is 2. The van der Waals surface area contributed by atoms with Crippen molar-refractivity contribution in [3.8, 4) is 0 Å². The highest BCUT2D eigenvalue weighted by atomic mass is 35.5. The molecule has 1 aromatic heterocycles. The Bertz CT molecular complexity index is 928. The van der Waals surface area contributed by atoms with Gasteiger partial charge in [-0.05, 0) is 31.2 Å². The summed E-state index contributed by atoms with van der Waals surface area (Å²) >= 11 is 7.47. The Kier molecular flexibility index (Phi) is 3.00. The quantitative estimate of drug-likeness (QED) is 0.689. The molecular weight excluding hydrogens is 296 g/mol. The third kappa shape index (κ3) is 1.97. The van der Waals surface area contributed by atoms with Crippen molar-refractivity contribution >= 4 is 49.1 Å². The first kappa shape index (κ1) is 13.1. The molecule has 3 aromatic rings. The number of halogens is 1. The molecule has 1 heterocycles. The second-order valence-corrected chi connectivity index (χ2v) is 6.06. The summed E-state index contributed by atoms with van der Waals surface area (Å²) < 4.78 is 1.42. The number of aryl methyl sites for hydroxylation is 1. The first-order valence-corrected chi connectivity index (χ1v) is 7.07. The van der Waals surface area contributed by atoms with Crippen molar-refractivity contribution in [2.24, 2.45) is 0 Å². The van der Waals surface area contributed by atoms with Crippen molar-refractivity contribution in [2.75, 3.05) is 0 Å². The fraction of sp³-hybridized carbons (Fsp3) is 0.0667. The number of carboxylic acid groups (broad SMARTS) is 1. The number of aromatic carboxylic acids is 1. The monoisotopic (exact) mass is 304 g/mol. The molecule has 1 N–H and O–H groups in total. The zero-order valence-corrected chi connectivity index (χ0v) is 12.0. The van der Waals surface area contributed by atoms with E-state index in [1.807, 2.05) is 25.1 Å². The van der Waals surface area contributed by atoms with E-state index >= 15 is 0 Å². The zero-order chi connectivity index (χ0) is 14.4. The number of carbonyl (C=O) groups is 1. The van der Waals surface area contributed by atoms with Gasteiger partial charge < -0.3 is 5.11 Å². The van der Waals surface area contributed by atoms with E-state index in [4.69, 9.17) is 16.7 Å². The highest BCUT2D eigenvalue weighted by molar-refractivity contribution is 7.24. The van der Waals surface area contributed by atoms with Crippen LogP contribution in [0.3, 0.4) is 0 Å². The van der Waals surface area contributed by atoms with Crippen molar-refractivity contribution < 1.29 is 9.90 Å². The van der Waals surface area contributed by atoms with Gasteiger partial charge in [0.25, 0.3) is 0 Å². The largest absolute Gasteiger partial charge is 0.478 e. The van der Waals surface area contributed by atoms with Crippen LogP contribution in [0.5, 0.6) is 0 Å². The molecule has 100 valence electrons. The summed E-state index contributed by atoms with van der Waals surface area (Å²) in [6, 6.07) is 8.44. The second kappa shape index (κ2) is 4.58. The molecule has 0 spiro atoms. The Hall–Kier alpha value is -1.91. The SMILES string of the molecule is Cc1ccc2sc3cc(C(=O)O)cc(Cl)c3c(=O)c2c1. The molecule has 20 heavy (non-hydrogen) atoms. The van der Waals surface area contributed by atoms with Crippen LogP contribution in [-0.4, -0.2) is 11.1 Å². The number of carboxylic acids is 1. The van der Waals surface area contributed by atoms with E-state index in [9.17, 15) is 9.59 Å². The summed E-state index contributed by atoms with van der Waals surface area (Å²) in [6.07, 6.45) is 0. The number of fused-ring (bicyclic) bond motifs is 2. The normalized spacial score (nSPS) is 11.1. The fourth-order valence-corrected chi connectivity index (χ4v) is 3.66. The van der Waals surface area contributed by atoms with Crippen LogP contribution in [0.4, 0.5) is 0 Å². The van der Waals surface area contributed by atoms with Crippen LogP contribution in [-0.2, 0) is 0 Å². The van der Waals surface area contributed by atoms with E-state index < -0.39 is 5.97 Å². The summed E-state index contributed by atoms with van der Waals surface area (Å²) in [7, 11) is 0. The number of rotatable bonds is 1. The van der Waals surface area contributed by atoms with Crippen LogP contribution in [0.1, 0.15) is 15.9 Å². The van der Waals surface area contributed by atoms with E-state index in [2.05, 4.69) is 0 Å². The second-order valence-electron chi connectivity index (χ2n) is 4.57. The Balaban J connectivity index is 2.53. The molecule has 0 aliphatic heterocycles. The van der Waals surface area contributed by atoms with E-state index in [1.54, 1.807) is 0 Å². The van der Waals surface area contributed by atoms with Gasteiger partial charge in [-0.2, -0.15) is 0 Å². The van der Waals surface area contributed by atoms with E-state index in [0.29, 0.717) is 15.5 Å². The highest BCUT2D eigenvalue weighted by Gasteiger charge is 2.13. The molecule has 5 heteroatoms. The van der Waals surface area contributed by atoms with Crippen molar-refractivity contribution in [1.82, 2.24) is 0 Å². The van der Waals surface area contributed by atoms with Crippen molar-refractivity contribution in [3.63, 3.8) is 0 Å². The van der Waals surface area contributed by atoms with Gasteiger partial charge in [-0.3, -0.25) is 4.79 Å². The van der Waals surface area contributed by atoms with Gasteiger partial charge in [-0.15, -0.1) is 11.3 Å². The average molecular weight is 305 g/mol. The van der Waals surface area contributed by atoms with Gasteiger partial charge in [0.2, 0.25) is 0 Å². The lowest BCUT2D eigenvalue weighted by molar-refractivity contribution is 0.0697. The third-order valence-electron chi connectivity index (χ3n) is 3.13. The van der Waals surface area contributed by atoms with Crippen molar-refractivity contribution in [1.29, 1.82) is 0 Å². The molecule has 2 aromatic carbocycles. The lowest BCUT2D eigenvalue weighted by atomic mass is 10.1. The number of hydrogen-bond donors (Lipinski definition) is 1. The molecule has 0 saturated carbocycles. The Morgan fingerprint density at radius 3 is 2.65 bits per heavy atom. The van der Waals surface area contributed by atoms with E-state index in [1.165, 1.54) is 23.5 Å². The van der Waals surface area contributed by atoms with Crippen LogP contribution >= 0.6 is 22.9 Å². The Morgan fingerprint density at radius 1 is 1.20 bits per heavy atom. The predicted octanol–water partition coefficient (Wildman–Crippen LogP) is 4.07. The molecule has 0 amide bonds. The van der Waals surface area contributed by atoms with Gasteiger partial charge in [-0.1, -0.05) is 23.2 Å². The minimum absolute atomic E-state index is 0.0876. The standard InChI is InChI=1S/C15H9ClO3S/c1-7-2-3-11-9(4-7)14(17)13-10(16)5-8(15(18)19)6-12(13)20-11/h2-6H,1H3,(H,18,19). The van der Waals surface area contributed by atoms with Gasteiger partial charge >= 0.3 is 5.97 Å². The zero-order valence-electron chi connectivity index (χ0n) is 10.4. The summed E-state index contributed by atoms with van der Waals surface area (Å²) in [6.45, 7) is 1.92. The summed E-state index contributed by atoms with van der Waals surface area (Å²) in [5.41, 5.74) is 0.934. The first-order valence-electron chi connectivity index (χ1n) is 5.87. The van der Waals surface area contributed by atoms with Gasteiger partial charge in [0.05, 0.1) is 16.0 Å². The highest BCUT2D eigenvalue weighted by Crippen LogP contribution is 2.30. The molecule has 0 aliphatic carbocycles. The van der Waals surface area contributed by atoms with Crippen LogP contribution in [0.2, 0.25) is 5.02 Å². The Morgan fingerprint density at radius 2 is 1.95 bits per heavy atom. The predicted molar refractivity (Wildman–Crippen MR) is 82.3 cm³/mol. The summed E-state index contributed by atoms with van der Waals surface area (Å²) in [5, 5.41) is 10.2. The molecule has 3 nitrogen and oxygen atoms in total. The van der Waals surface area contributed by atoms with Crippen LogP contribution in [0.25, 0.3) is 20.2 Å². The topological polar surface area (TPSA) is 54.4 Å². The third-order valence-corrected chi connectivity index (χ3v) is 4.54.